The van der Waals surface area contributed by atoms with Gasteiger partial charge in [-0.25, -0.2) is 0 Å². The number of hydrogen-bond acceptors (Lipinski definition) is 1. The molecule has 0 amide bonds. The SMILES string of the molecule is Clc1ccc(C2CNc3c(Cl)cccc3C2)cc1. The Morgan fingerprint density at radius 3 is 2.56 bits per heavy atom. The van der Waals surface area contributed by atoms with Gasteiger partial charge in [0.1, 0.15) is 0 Å². The Balaban J connectivity index is 1.89. The molecule has 0 spiro atoms. The summed E-state index contributed by atoms with van der Waals surface area (Å²) < 4.78 is 0. The van der Waals surface area contributed by atoms with Crippen molar-refractivity contribution < 1.29 is 0 Å². The van der Waals surface area contributed by atoms with E-state index in [1.807, 2.05) is 24.3 Å². The van der Waals surface area contributed by atoms with Gasteiger partial charge in [0.25, 0.3) is 0 Å². The van der Waals surface area contributed by atoms with E-state index in [-0.39, 0.29) is 0 Å². The van der Waals surface area contributed by atoms with Gasteiger partial charge in [-0.15, -0.1) is 0 Å². The first-order valence-electron chi connectivity index (χ1n) is 6.01. The lowest BCUT2D eigenvalue weighted by molar-refractivity contribution is 0.695. The first kappa shape index (κ1) is 11.9. The Morgan fingerprint density at radius 1 is 1.00 bits per heavy atom. The van der Waals surface area contributed by atoms with Crippen LogP contribution in [0.1, 0.15) is 17.0 Å². The van der Waals surface area contributed by atoms with E-state index < -0.39 is 0 Å². The van der Waals surface area contributed by atoms with Gasteiger partial charge in [0, 0.05) is 17.5 Å². The molecule has 0 aliphatic carbocycles. The zero-order valence-corrected chi connectivity index (χ0v) is 11.3. The summed E-state index contributed by atoms with van der Waals surface area (Å²) in [6.07, 6.45) is 1.02. The average Bonchev–Trinajstić information content (AvgIpc) is 2.39. The molecule has 1 unspecified atom stereocenters. The summed E-state index contributed by atoms with van der Waals surface area (Å²) in [5.41, 5.74) is 3.69. The summed E-state index contributed by atoms with van der Waals surface area (Å²) >= 11 is 12.1. The molecular weight excluding hydrogens is 265 g/mol. The van der Waals surface area contributed by atoms with Crippen molar-refractivity contribution in [3.63, 3.8) is 0 Å². The van der Waals surface area contributed by atoms with Crippen molar-refractivity contribution in [2.75, 3.05) is 11.9 Å². The maximum atomic E-state index is 6.18. The molecule has 3 rings (SSSR count). The van der Waals surface area contributed by atoms with E-state index in [0.717, 1.165) is 28.7 Å². The molecule has 1 N–H and O–H groups in total. The highest BCUT2D eigenvalue weighted by molar-refractivity contribution is 6.33. The van der Waals surface area contributed by atoms with E-state index in [4.69, 9.17) is 23.2 Å². The Kier molecular flexibility index (Phi) is 3.19. The highest BCUT2D eigenvalue weighted by atomic mass is 35.5. The standard InChI is InChI=1S/C15H13Cl2N/c16-13-6-4-10(5-7-13)12-8-11-2-1-3-14(17)15(11)18-9-12/h1-7,12,18H,8-9H2. The van der Waals surface area contributed by atoms with Gasteiger partial charge in [0.15, 0.2) is 0 Å². The van der Waals surface area contributed by atoms with Crippen molar-refractivity contribution in [1.29, 1.82) is 0 Å². The largest absolute Gasteiger partial charge is 0.383 e. The second kappa shape index (κ2) is 4.83. The van der Waals surface area contributed by atoms with Gasteiger partial charge in [-0.2, -0.15) is 0 Å². The average molecular weight is 278 g/mol. The fourth-order valence-electron chi connectivity index (χ4n) is 2.47. The summed E-state index contributed by atoms with van der Waals surface area (Å²) in [7, 11) is 0. The number of halogens is 2. The molecule has 18 heavy (non-hydrogen) atoms. The zero-order chi connectivity index (χ0) is 12.5. The summed E-state index contributed by atoms with van der Waals surface area (Å²) in [6.45, 7) is 0.915. The van der Waals surface area contributed by atoms with Crippen LogP contribution >= 0.6 is 23.2 Å². The maximum absolute atomic E-state index is 6.18. The molecular formula is C15H13Cl2N. The van der Waals surface area contributed by atoms with Crippen molar-refractivity contribution in [3.8, 4) is 0 Å². The predicted octanol–water partition coefficient (Wildman–Crippen LogP) is 4.75. The third kappa shape index (κ3) is 2.21. The topological polar surface area (TPSA) is 12.0 Å². The summed E-state index contributed by atoms with van der Waals surface area (Å²) in [5.74, 6) is 0.480. The van der Waals surface area contributed by atoms with Gasteiger partial charge in [-0.3, -0.25) is 0 Å². The van der Waals surface area contributed by atoms with E-state index >= 15 is 0 Å². The maximum Gasteiger partial charge on any atom is 0.0640 e. The van der Waals surface area contributed by atoms with Crippen molar-refractivity contribution in [2.24, 2.45) is 0 Å². The van der Waals surface area contributed by atoms with Crippen LogP contribution in [0.5, 0.6) is 0 Å². The van der Waals surface area contributed by atoms with Gasteiger partial charge in [-0.05, 0) is 35.7 Å². The molecule has 92 valence electrons. The molecule has 1 nitrogen and oxygen atoms in total. The molecule has 0 saturated heterocycles. The van der Waals surface area contributed by atoms with E-state index in [1.54, 1.807) is 0 Å². The lowest BCUT2D eigenvalue weighted by Crippen LogP contribution is -2.21. The van der Waals surface area contributed by atoms with Crippen LogP contribution in [-0.2, 0) is 6.42 Å². The predicted molar refractivity (Wildman–Crippen MR) is 77.8 cm³/mol. The first-order valence-corrected chi connectivity index (χ1v) is 6.76. The van der Waals surface area contributed by atoms with Gasteiger partial charge in [0.05, 0.1) is 10.7 Å². The quantitative estimate of drug-likeness (QED) is 0.794. The van der Waals surface area contributed by atoms with Crippen molar-refractivity contribution in [2.45, 2.75) is 12.3 Å². The van der Waals surface area contributed by atoms with Crippen molar-refractivity contribution in [1.82, 2.24) is 0 Å². The number of anilines is 1. The number of nitrogens with one attached hydrogen (secondary N) is 1. The minimum Gasteiger partial charge on any atom is -0.383 e. The molecule has 1 aliphatic rings. The Hall–Kier alpha value is -1.18. The van der Waals surface area contributed by atoms with E-state index in [2.05, 4.69) is 23.5 Å². The van der Waals surface area contributed by atoms with Gasteiger partial charge in [-0.1, -0.05) is 47.5 Å². The van der Waals surface area contributed by atoms with Crippen LogP contribution in [0.3, 0.4) is 0 Å². The molecule has 1 aliphatic heterocycles. The fourth-order valence-corrected chi connectivity index (χ4v) is 2.86. The molecule has 1 atom stereocenters. The molecule has 0 saturated carbocycles. The zero-order valence-electron chi connectivity index (χ0n) is 9.79. The highest BCUT2D eigenvalue weighted by Crippen LogP contribution is 2.35. The minimum atomic E-state index is 0.480. The lowest BCUT2D eigenvalue weighted by Gasteiger charge is -2.27. The normalized spacial score (nSPS) is 18.0. The van der Waals surface area contributed by atoms with Gasteiger partial charge < -0.3 is 5.32 Å². The number of benzene rings is 2. The van der Waals surface area contributed by atoms with Crippen LogP contribution in [-0.4, -0.2) is 6.54 Å². The molecule has 3 heteroatoms. The second-order valence-corrected chi connectivity index (χ2v) is 5.45. The lowest BCUT2D eigenvalue weighted by atomic mass is 9.88. The third-order valence-electron chi connectivity index (χ3n) is 3.43. The van der Waals surface area contributed by atoms with Gasteiger partial charge in [0.2, 0.25) is 0 Å². The van der Waals surface area contributed by atoms with Crippen LogP contribution in [0, 0.1) is 0 Å². The molecule has 0 radical (unpaired) electrons. The van der Waals surface area contributed by atoms with E-state index in [9.17, 15) is 0 Å². The molecule has 0 bridgehead atoms. The minimum absolute atomic E-state index is 0.480. The number of rotatable bonds is 1. The van der Waals surface area contributed by atoms with Crippen LogP contribution in [0.2, 0.25) is 10.0 Å². The second-order valence-electron chi connectivity index (χ2n) is 4.61. The number of para-hydroxylation sites is 1. The molecule has 0 aromatic heterocycles. The number of fused-ring (bicyclic) bond motifs is 1. The molecule has 2 aromatic carbocycles. The van der Waals surface area contributed by atoms with E-state index in [0.29, 0.717) is 5.92 Å². The summed E-state index contributed by atoms with van der Waals surface area (Å²) in [5, 5.41) is 5.02. The van der Waals surface area contributed by atoms with Crippen molar-refractivity contribution >= 4 is 28.9 Å². The highest BCUT2D eigenvalue weighted by Gasteiger charge is 2.20. The Bertz CT molecular complexity index is 563. The van der Waals surface area contributed by atoms with Crippen molar-refractivity contribution in [3.05, 3.63) is 63.6 Å². The molecule has 1 heterocycles. The third-order valence-corrected chi connectivity index (χ3v) is 4.00. The van der Waals surface area contributed by atoms with Crippen LogP contribution in [0.4, 0.5) is 5.69 Å². The molecule has 2 aromatic rings. The Labute approximate surface area is 117 Å². The van der Waals surface area contributed by atoms with E-state index in [1.165, 1.54) is 11.1 Å². The first-order chi connectivity index (χ1) is 8.74. The monoisotopic (exact) mass is 277 g/mol. The van der Waals surface area contributed by atoms with Crippen LogP contribution < -0.4 is 5.32 Å². The van der Waals surface area contributed by atoms with Crippen LogP contribution in [0.15, 0.2) is 42.5 Å². The summed E-state index contributed by atoms with van der Waals surface area (Å²) in [4.78, 5) is 0. The fraction of sp³-hybridized carbons (Fsp3) is 0.200. The molecule has 0 fully saturated rings. The Morgan fingerprint density at radius 2 is 1.78 bits per heavy atom. The summed E-state index contributed by atoms with van der Waals surface area (Å²) in [6, 6.07) is 14.2. The number of hydrogen-bond donors (Lipinski definition) is 1. The van der Waals surface area contributed by atoms with Gasteiger partial charge >= 0.3 is 0 Å². The smallest absolute Gasteiger partial charge is 0.0640 e. The van der Waals surface area contributed by atoms with Crippen LogP contribution in [0.25, 0.3) is 0 Å².